The van der Waals surface area contributed by atoms with E-state index in [1.54, 1.807) is 0 Å². The minimum atomic E-state index is -4.04. The Hall–Kier alpha value is -2.17. The summed E-state index contributed by atoms with van der Waals surface area (Å²) in [6.07, 6.45) is 0. The van der Waals surface area contributed by atoms with E-state index in [9.17, 15) is 21.2 Å². The monoisotopic (exact) mass is 360 g/mol. The van der Waals surface area contributed by atoms with E-state index in [-0.39, 0.29) is 21.2 Å². The molecule has 2 aromatic rings. The molecule has 2 aromatic carbocycles. The molecule has 0 aliphatic heterocycles. The lowest BCUT2D eigenvalue weighted by molar-refractivity contribution is 0.385. The molecule has 0 aromatic heterocycles. The summed E-state index contributed by atoms with van der Waals surface area (Å²) in [6, 6.07) is 7.97. The van der Waals surface area contributed by atoms with E-state index < -0.39 is 25.9 Å². The summed E-state index contributed by atoms with van der Waals surface area (Å²) in [5, 5.41) is 4.95. The second-order valence-electron chi connectivity index (χ2n) is 4.47. The largest absolute Gasteiger partial charge is 0.494 e. The fourth-order valence-electron chi connectivity index (χ4n) is 1.74. The van der Waals surface area contributed by atoms with Gasteiger partial charge < -0.3 is 4.74 Å². The van der Waals surface area contributed by atoms with E-state index in [2.05, 4.69) is 4.72 Å². The Bertz CT molecular complexity index is 925. The van der Waals surface area contributed by atoms with Crippen molar-refractivity contribution >= 4 is 25.7 Å². The Morgan fingerprint density at radius 2 is 1.57 bits per heavy atom. The molecule has 10 heteroatoms. The molecule has 0 aliphatic rings. The van der Waals surface area contributed by atoms with Crippen LogP contribution in [-0.4, -0.2) is 23.9 Å². The minimum Gasteiger partial charge on any atom is -0.494 e. The number of primary sulfonamides is 1. The Balaban J connectivity index is 2.29. The average molecular weight is 360 g/mol. The Morgan fingerprint density at radius 1 is 1.00 bits per heavy atom. The van der Waals surface area contributed by atoms with Crippen LogP contribution in [0, 0.1) is 5.82 Å². The summed E-state index contributed by atoms with van der Waals surface area (Å²) in [6.45, 7) is 0. The Labute approximate surface area is 133 Å². The molecular formula is C13H13FN2O5S2. The zero-order valence-corrected chi connectivity index (χ0v) is 13.5. The van der Waals surface area contributed by atoms with Crippen molar-refractivity contribution in [3.8, 4) is 5.75 Å². The van der Waals surface area contributed by atoms with Crippen LogP contribution in [0.4, 0.5) is 10.1 Å². The van der Waals surface area contributed by atoms with Gasteiger partial charge in [-0.05, 0) is 42.5 Å². The Morgan fingerprint density at radius 3 is 2.04 bits per heavy atom. The van der Waals surface area contributed by atoms with Gasteiger partial charge in [-0.25, -0.2) is 26.4 Å². The van der Waals surface area contributed by atoms with Crippen molar-refractivity contribution in [1.82, 2.24) is 0 Å². The smallest absolute Gasteiger partial charge is 0.262 e. The van der Waals surface area contributed by atoms with Gasteiger partial charge >= 0.3 is 0 Å². The van der Waals surface area contributed by atoms with Crippen molar-refractivity contribution in [3.05, 3.63) is 48.3 Å². The number of ether oxygens (including phenoxy) is 1. The standard InChI is InChI=1S/C13H13FN2O5S2/c1-21-13-7-6-11(8-12(13)14)23(19,20)16-9-2-4-10(5-3-9)22(15,17)18/h2-8,16H,1H3,(H2,15,17,18). The number of halogens is 1. The molecule has 3 N–H and O–H groups in total. The van der Waals surface area contributed by atoms with E-state index >= 15 is 0 Å². The number of nitrogens with one attached hydrogen (secondary N) is 1. The number of rotatable bonds is 5. The van der Waals surface area contributed by atoms with Gasteiger partial charge in [-0.1, -0.05) is 0 Å². The molecule has 0 unspecified atom stereocenters. The van der Waals surface area contributed by atoms with Gasteiger partial charge in [0.1, 0.15) is 0 Å². The SMILES string of the molecule is COc1ccc(S(=O)(=O)Nc2ccc(S(N)(=O)=O)cc2)cc1F. The molecule has 7 nitrogen and oxygen atoms in total. The van der Waals surface area contributed by atoms with Crippen molar-refractivity contribution in [2.45, 2.75) is 9.79 Å². The predicted octanol–water partition coefficient (Wildman–Crippen LogP) is 1.28. The topological polar surface area (TPSA) is 116 Å². The molecule has 0 spiro atoms. The quantitative estimate of drug-likeness (QED) is 0.833. The van der Waals surface area contributed by atoms with Crippen molar-refractivity contribution in [2.24, 2.45) is 5.14 Å². The van der Waals surface area contributed by atoms with Crippen LogP contribution in [-0.2, 0) is 20.0 Å². The average Bonchev–Trinajstić information content (AvgIpc) is 2.46. The van der Waals surface area contributed by atoms with Gasteiger partial charge in [0, 0.05) is 5.69 Å². The van der Waals surface area contributed by atoms with E-state index in [0.717, 1.165) is 18.2 Å². The molecule has 0 saturated heterocycles. The van der Waals surface area contributed by atoms with Crippen LogP contribution in [0.25, 0.3) is 0 Å². The van der Waals surface area contributed by atoms with Crippen molar-refractivity contribution in [2.75, 3.05) is 11.8 Å². The summed E-state index contributed by atoms with van der Waals surface area (Å²) in [5.74, 6) is -0.901. The van der Waals surface area contributed by atoms with Crippen molar-refractivity contribution in [1.29, 1.82) is 0 Å². The van der Waals surface area contributed by atoms with Crippen LogP contribution in [0.2, 0.25) is 0 Å². The third-order valence-electron chi connectivity index (χ3n) is 2.87. The highest BCUT2D eigenvalue weighted by Crippen LogP contribution is 2.23. The number of nitrogens with two attached hydrogens (primary N) is 1. The molecule has 2 rings (SSSR count). The summed E-state index contributed by atoms with van der Waals surface area (Å²) in [7, 11) is -6.64. The van der Waals surface area contributed by atoms with Crippen molar-refractivity contribution in [3.63, 3.8) is 0 Å². The van der Waals surface area contributed by atoms with Crippen LogP contribution in [0.5, 0.6) is 5.75 Å². The zero-order chi connectivity index (χ0) is 17.3. The van der Waals surface area contributed by atoms with Gasteiger partial charge in [0.05, 0.1) is 16.9 Å². The van der Waals surface area contributed by atoms with Crippen molar-refractivity contribution < 1.29 is 26.0 Å². The highest BCUT2D eigenvalue weighted by Gasteiger charge is 2.17. The predicted molar refractivity (Wildman–Crippen MR) is 81.6 cm³/mol. The van der Waals surface area contributed by atoms with Gasteiger partial charge in [0.15, 0.2) is 11.6 Å². The van der Waals surface area contributed by atoms with Gasteiger partial charge in [-0.2, -0.15) is 0 Å². The lowest BCUT2D eigenvalue weighted by atomic mass is 10.3. The highest BCUT2D eigenvalue weighted by atomic mass is 32.2. The van der Waals surface area contributed by atoms with Crippen LogP contribution < -0.4 is 14.6 Å². The summed E-state index contributed by atoms with van der Waals surface area (Å²) in [5.41, 5.74) is 0.105. The molecular weight excluding hydrogens is 347 g/mol. The summed E-state index contributed by atoms with van der Waals surface area (Å²) >= 11 is 0. The highest BCUT2D eigenvalue weighted by molar-refractivity contribution is 7.92. The number of methoxy groups -OCH3 is 1. The fraction of sp³-hybridized carbons (Fsp3) is 0.0769. The normalized spacial score (nSPS) is 12.0. The lowest BCUT2D eigenvalue weighted by Crippen LogP contribution is -2.14. The lowest BCUT2D eigenvalue weighted by Gasteiger charge is -2.09. The number of sulfonamides is 2. The van der Waals surface area contributed by atoms with E-state index in [1.165, 1.54) is 31.4 Å². The fourth-order valence-corrected chi connectivity index (χ4v) is 3.33. The maximum atomic E-state index is 13.6. The van der Waals surface area contributed by atoms with Gasteiger partial charge in [-0.15, -0.1) is 0 Å². The van der Waals surface area contributed by atoms with Crippen LogP contribution in [0.1, 0.15) is 0 Å². The first kappa shape index (κ1) is 17.2. The maximum Gasteiger partial charge on any atom is 0.262 e. The molecule has 0 heterocycles. The number of benzene rings is 2. The van der Waals surface area contributed by atoms with Gasteiger partial charge in [0.25, 0.3) is 10.0 Å². The molecule has 0 amide bonds. The van der Waals surface area contributed by atoms with E-state index in [0.29, 0.717) is 0 Å². The first-order chi connectivity index (χ1) is 10.6. The first-order valence-electron chi connectivity index (χ1n) is 6.13. The van der Waals surface area contributed by atoms with Crippen LogP contribution in [0.3, 0.4) is 0 Å². The zero-order valence-electron chi connectivity index (χ0n) is 11.9. The third kappa shape index (κ3) is 3.97. The third-order valence-corrected chi connectivity index (χ3v) is 5.18. The first-order valence-corrected chi connectivity index (χ1v) is 9.15. The second-order valence-corrected chi connectivity index (χ2v) is 7.72. The molecule has 0 atom stereocenters. The minimum absolute atomic E-state index is 0.0820. The molecule has 23 heavy (non-hydrogen) atoms. The number of hydrogen-bond acceptors (Lipinski definition) is 5. The molecule has 0 bridgehead atoms. The molecule has 124 valence electrons. The molecule has 0 saturated carbocycles. The van der Waals surface area contributed by atoms with Gasteiger partial charge in [-0.3, -0.25) is 4.72 Å². The maximum absolute atomic E-state index is 13.6. The van der Waals surface area contributed by atoms with E-state index in [1.807, 2.05) is 0 Å². The number of hydrogen-bond donors (Lipinski definition) is 2. The van der Waals surface area contributed by atoms with Gasteiger partial charge in [0.2, 0.25) is 10.0 Å². The van der Waals surface area contributed by atoms with E-state index in [4.69, 9.17) is 9.88 Å². The molecule has 0 fully saturated rings. The second kappa shape index (κ2) is 6.14. The number of anilines is 1. The van der Waals surface area contributed by atoms with Crippen LogP contribution >= 0.6 is 0 Å². The summed E-state index contributed by atoms with van der Waals surface area (Å²) in [4.78, 5) is -0.456. The molecule has 0 radical (unpaired) electrons. The van der Waals surface area contributed by atoms with Crippen LogP contribution in [0.15, 0.2) is 52.3 Å². The molecule has 0 aliphatic carbocycles. The summed E-state index contributed by atoms with van der Waals surface area (Å²) < 4.78 is 67.1. The Kier molecular flexibility index (Phi) is 4.59.